The first kappa shape index (κ1) is 29.4. The lowest BCUT2D eigenvalue weighted by atomic mass is 10.0. The number of benzene rings is 1. The minimum Gasteiger partial charge on any atom is -0.444 e. The molecule has 3 N–H and O–H groups in total. The molecule has 8 heteroatoms. The third-order valence-corrected chi connectivity index (χ3v) is 5.27. The molecule has 0 spiro atoms. The Kier molecular flexibility index (Phi) is 12.1. The third kappa shape index (κ3) is 9.71. The van der Waals surface area contributed by atoms with Crippen LogP contribution >= 0.6 is 0 Å². The van der Waals surface area contributed by atoms with Gasteiger partial charge in [-0.1, -0.05) is 56.5 Å². The summed E-state index contributed by atoms with van der Waals surface area (Å²) in [5, 5.41) is 15.4. The second-order valence-corrected chi connectivity index (χ2v) is 9.78. The van der Waals surface area contributed by atoms with E-state index >= 15 is 0 Å². The molecule has 0 bridgehead atoms. The highest BCUT2D eigenvalue weighted by molar-refractivity contribution is 5.92. The molecule has 192 valence electrons. The van der Waals surface area contributed by atoms with Crippen molar-refractivity contribution in [2.45, 2.75) is 97.9 Å². The Labute approximate surface area is 204 Å². The monoisotopic (exact) mass is 477 g/mol. The van der Waals surface area contributed by atoms with Gasteiger partial charge in [-0.2, -0.15) is 0 Å². The lowest BCUT2D eigenvalue weighted by molar-refractivity contribution is -0.143. The highest BCUT2D eigenvalue weighted by atomic mass is 16.6. The Bertz CT molecular complexity index is 789. The summed E-state index contributed by atoms with van der Waals surface area (Å²) in [5.74, 6) is -0.825. The van der Waals surface area contributed by atoms with E-state index < -0.39 is 36.3 Å². The smallest absolute Gasteiger partial charge is 0.408 e. The van der Waals surface area contributed by atoms with Crippen LogP contribution in [0.1, 0.15) is 84.4 Å². The molecule has 0 fully saturated rings. The zero-order valence-corrected chi connectivity index (χ0v) is 21.8. The van der Waals surface area contributed by atoms with Crippen molar-refractivity contribution >= 4 is 17.9 Å². The molecule has 0 radical (unpaired) electrons. The first-order valence-corrected chi connectivity index (χ1v) is 12.2. The van der Waals surface area contributed by atoms with Gasteiger partial charge in [-0.25, -0.2) is 4.79 Å². The zero-order valence-electron chi connectivity index (χ0n) is 21.8. The Morgan fingerprint density at radius 2 is 1.68 bits per heavy atom. The average Bonchev–Trinajstić information content (AvgIpc) is 2.74. The van der Waals surface area contributed by atoms with Crippen molar-refractivity contribution in [3.63, 3.8) is 0 Å². The van der Waals surface area contributed by atoms with E-state index in [0.717, 1.165) is 24.8 Å². The highest BCUT2D eigenvalue weighted by Crippen LogP contribution is 2.24. The maximum atomic E-state index is 13.6. The third-order valence-electron chi connectivity index (χ3n) is 5.27. The van der Waals surface area contributed by atoms with Crippen LogP contribution in [0.5, 0.6) is 0 Å². The molecule has 1 aromatic carbocycles. The number of hydrogen-bond acceptors (Lipinski definition) is 5. The van der Waals surface area contributed by atoms with Crippen molar-refractivity contribution < 1.29 is 24.2 Å². The van der Waals surface area contributed by atoms with Gasteiger partial charge >= 0.3 is 6.09 Å². The molecule has 1 aromatic rings. The molecule has 3 amide bonds. The fourth-order valence-electron chi connectivity index (χ4n) is 3.58. The number of carbonyl (C=O) groups excluding carboxylic acids is 3. The molecule has 34 heavy (non-hydrogen) atoms. The van der Waals surface area contributed by atoms with Gasteiger partial charge in [0, 0.05) is 12.6 Å². The Balaban J connectivity index is 3.34. The van der Waals surface area contributed by atoms with Gasteiger partial charge < -0.3 is 25.4 Å². The number of carbonyl (C=O) groups is 3. The number of rotatable bonds is 12. The highest BCUT2D eigenvalue weighted by Gasteiger charge is 2.36. The van der Waals surface area contributed by atoms with Crippen LogP contribution in [0.25, 0.3) is 0 Å². The second-order valence-electron chi connectivity index (χ2n) is 9.78. The Morgan fingerprint density at radius 3 is 2.18 bits per heavy atom. The first-order chi connectivity index (χ1) is 15.9. The van der Waals surface area contributed by atoms with Crippen molar-refractivity contribution in [2.24, 2.45) is 0 Å². The van der Waals surface area contributed by atoms with Crippen LogP contribution in [0.3, 0.4) is 0 Å². The fourth-order valence-corrected chi connectivity index (χ4v) is 3.58. The number of nitrogens with one attached hydrogen (secondary N) is 2. The maximum Gasteiger partial charge on any atom is 0.408 e. The first-order valence-electron chi connectivity index (χ1n) is 12.2. The summed E-state index contributed by atoms with van der Waals surface area (Å²) in [4.78, 5) is 40.8. The number of ether oxygens (including phenoxy) is 1. The Morgan fingerprint density at radius 1 is 1.06 bits per heavy atom. The molecule has 1 rings (SSSR count). The number of unbranched alkanes of at least 4 members (excludes halogenated alkanes) is 1. The predicted octanol–water partition coefficient (Wildman–Crippen LogP) is 3.86. The van der Waals surface area contributed by atoms with E-state index in [1.807, 2.05) is 52.0 Å². The molecule has 3 unspecified atom stereocenters. The molecule has 0 aliphatic carbocycles. The lowest BCUT2D eigenvalue weighted by Crippen LogP contribution is -2.55. The number of amides is 3. The summed E-state index contributed by atoms with van der Waals surface area (Å²) in [6.07, 6.45) is 2.40. The zero-order chi connectivity index (χ0) is 25.9. The van der Waals surface area contributed by atoms with Gasteiger partial charge in [0.05, 0.1) is 6.61 Å². The van der Waals surface area contributed by atoms with E-state index in [1.54, 1.807) is 20.8 Å². The minimum atomic E-state index is -1.24. The summed E-state index contributed by atoms with van der Waals surface area (Å²) in [6.45, 7) is 12.8. The predicted molar refractivity (Wildman–Crippen MR) is 133 cm³/mol. The van der Waals surface area contributed by atoms with E-state index in [9.17, 15) is 19.5 Å². The van der Waals surface area contributed by atoms with Crippen LogP contribution < -0.4 is 10.6 Å². The van der Waals surface area contributed by atoms with Gasteiger partial charge in [-0.05, 0) is 53.0 Å². The van der Waals surface area contributed by atoms with Crippen molar-refractivity contribution in [3.05, 3.63) is 35.4 Å². The van der Waals surface area contributed by atoms with Gasteiger partial charge in [0.1, 0.15) is 17.7 Å². The van der Waals surface area contributed by atoms with Gasteiger partial charge in [0.2, 0.25) is 11.8 Å². The van der Waals surface area contributed by atoms with Gasteiger partial charge in [0.25, 0.3) is 0 Å². The SMILES string of the molecule is CCCCN(C(=O)C(CO)NC(=O)OC(C)(C)C)C(C(=O)NC(C)CCC)c1ccc(C)cc1. The average molecular weight is 478 g/mol. The molecule has 0 aromatic heterocycles. The van der Waals surface area contributed by atoms with Gasteiger partial charge in [-0.15, -0.1) is 0 Å². The van der Waals surface area contributed by atoms with Gasteiger partial charge in [0.15, 0.2) is 0 Å². The summed E-state index contributed by atoms with van der Waals surface area (Å²) >= 11 is 0. The van der Waals surface area contributed by atoms with Crippen LogP contribution in [0.2, 0.25) is 0 Å². The number of aryl methyl sites for hydroxylation is 1. The molecule has 8 nitrogen and oxygen atoms in total. The van der Waals surface area contributed by atoms with E-state index in [0.29, 0.717) is 18.5 Å². The Hall–Kier alpha value is -2.61. The van der Waals surface area contributed by atoms with E-state index in [1.165, 1.54) is 4.90 Å². The van der Waals surface area contributed by atoms with Crippen molar-refractivity contribution in [1.29, 1.82) is 0 Å². The van der Waals surface area contributed by atoms with Crippen LogP contribution in [-0.4, -0.2) is 58.8 Å². The fraction of sp³-hybridized carbons (Fsp3) is 0.654. The summed E-state index contributed by atoms with van der Waals surface area (Å²) in [6, 6.07) is 5.29. The lowest BCUT2D eigenvalue weighted by Gasteiger charge is -2.34. The number of hydrogen-bond donors (Lipinski definition) is 3. The number of nitrogens with zero attached hydrogens (tertiary/aromatic N) is 1. The van der Waals surface area contributed by atoms with Gasteiger partial charge in [-0.3, -0.25) is 9.59 Å². The largest absolute Gasteiger partial charge is 0.444 e. The minimum absolute atomic E-state index is 0.0536. The number of alkyl carbamates (subject to hydrolysis) is 1. The van der Waals surface area contributed by atoms with E-state index in [2.05, 4.69) is 10.6 Å². The molecular formula is C26H43N3O5. The molecule has 0 aliphatic rings. The molecule has 0 aliphatic heterocycles. The van der Waals surface area contributed by atoms with Crippen molar-refractivity contribution in [1.82, 2.24) is 15.5 Å². The summed E-state index contributed by atoms with van der Waals surface area (Å²) in [5.41, 5.74) is 0.952. The quantitative estimate of drug-likeness (QED) is 0.424. The molecule has 0 saturated carbocycles. The van der Waals surface area contributed by atoms with Crippen LogP contribution in [0.4, 0.5) is 4.79 Å². The summed E-state index contributed by atoms with van der Waals surface area (Å²) in [7, 11) is 0. The van der Waals surface area contributed by atoms with Crippen molar-refractivity contribution in [3.8, 4) is 0 Å². The molecule has 0 heterocycles. The van der Waals surface area contributed by atoms with E-state index in [4.69, 9.17) is 4.74 Å². The number of aliphatic hydroxyl groups excluding tert-OH is 1. The number of aliphatic hydroxyl groups is 1. The van der Waals surface area contributed by atoms with Crippen LogP contribution in [0.15, 0.2) is 24.3 Å². The van der Waals surface area contributed by atoms with Crippen molar-refractivity contribution in [2.75, 3.05) is 13.2 Å². The molecular weight excluding hydrogens is 434 g/mol. The van der Waals surface area contributed by atoms with E-state index in [-0.39, 0.29) is 11.9 Å². The standard InChI is InChI=1S/C26H43N3O5/c1-8-10-16-29(24(32)21(17-30)28-25(33)34-26(5,6)7)22(20-14-12-18(3)13-15-20)23(31)27-19(4)11-9-2/h12-15,19,21-22,30H,8-11,16-17H2,1-7H3,(H,27,31)(H,28,33). The second kappa shape index (κ2) is 13.9. The molecule has 0 saturated heterocycles. The molecule has 3 atom stereocenters. The van der Waals surface area contributed by atoms with Crippen LogP contribution in [0, 0.1) is 6.92 Å². The maximum absolute atomic E-state index is 13.6. The normalized spacial score (nSPS) is 14.0. The summed E-state index contributed by atoms with van der Waals surface area (Å²) < 4.78 is 5.26. The topological polar surface area (TPSA) is 108 Å². The van der Waals surface area contributed by atoms with Crippen LogP contribution in [-0.2, 0) is 14.3 Å².